The van der Waals surface area contributed by atoms with Crippen LogP contribution in [0.3, 0.4) is 0 Å². The molecule has 6 aromatic rings. The molecule has 0 saturated carbocycles. The molecule has 0 unspecified atom stereocenters. The van der Waals surface area contributed by atoms with Gasteiger partial charge in [0, 0.05) is 24.1 Å². The highest BCUT2D eigenvalue weighted by atomic mass is 19.4. The number of aromatic nitrogens is 7. The van der Waals surface area contributed by atoms with E-state index in [-0.39, 0.29) is 0 Å². The molecule has 0 fully saturated rings. The highest BCUT2D eigenvalue weighted by Crippen LogP contribution is 2.33. The summed E-state index contributed by atoms with van der Waals surface area (Å²) in [5, 5.41) is 14.4. The van der Waals surface area contributed by atoms with Crippen molar-refractivity contribution >= 4 is 11.0 Å². The predicted molar refractivity (Wildman–Crippen MR) is 146 cm³/mol. The first-order chi connectivity index (χ1) is 19.4. The Hall–Kier alpha value is -4.86. The number of nitrogens with zero attached hydrogens (tertiary/aromatic N) is 6. The van der Waals surface area contributed by atoms with Gasteiger partial charge in [0.1, 0.15) is 5.82 Å². The van der Waals surface area contributed by atoms with Crippen molar-refractivity contribution in [2.75, 3.05) is 0 Å². The summed E-state index contributed by atoms with van der Waals surface area (Å²) >= 11 is 0. The van der Waals surface area contributed by atoms with Gasteiger partial charge in [0.05, 0.1) is 28.5 Å². The molecule has 7 nitrogen and oxygen atoms in total. The molecule has 0 aliphatic carbocycles. The minimum absolute atomic E-state index is 0.403. The summed E-state index contributed by atoms with van der Waals surface area (Å²) in [6, 6.07) is 23.2. The van der Waals surface area contributed by atoms with E-state index in [4.69, 9.17) is 4.98 Å². The third-order valence-electron chi connectivity index (χ3n) is 6.79. The van der Waals surface area contributed by atoms with Crippen molar-refractivity contribution in [2.24, 2.45) is 0 Å². The number of alkyl halides is 3. The van der Waals surface area contributed by atoms with E-state index in [2.05, 4.69) is 61.4 Å². The van der Waals surface area contributed by atoms with Crippen LogP contribution in [0.25, 0.3) is 44.8 Å². The van der Waals surface area contributed by atoms with E-state index in [9.17, 15) is 13.2 Å². The van der Waals surface area contributed by atoms with Gasteiger partial charge in [0.2, 0.25) is 5.82 Å². The maximum Gasteiger partial charge on any atom is 0.416 e. The number of aryl methyl sites for hydroxylation is 1. The van der Waals surface area contributed by atoms with Gasteiger partial charge in [-0.2, -0.15) is 18.4 Å². The van der Waals surface area contributed by atoms with Gasteiger partial charge in [-0.25, -0.2) is 4.98 Å². The number of fused-ring (bicyclic) bond motifs is 1. The minimum atomic E-state index is -4.42. The van der Waals surface area contributed by atoms with Crippen molar-refractivity contribution in [3.05, 3.63) is 102 Å². The largest absolute Gasteiger partial charge is 0.416 e. The number of halogens is 3. The summed E-state index contributed by atoms with van der Waals surface area (Å²) in [7, 11) is 0. The van der Waals surface area contributed by atoms with E-state index in [1.807, 2.05) is 24.3 Å². The molecule has 6 rings (SSSR count). The zero-order valence-corrected chi connectivity index (χ0v) is 21.5. The number of hydrogen-bond donors (Lipinski definition) is 1. The summed E-state index contributed by atoms with van der Waals surface area (Å²) in [5.74, 6) is 1.44. The standard InChI is InChI=1S/C30H24F3N7/c1-2-6-28-35-26-16-25(21-7-5-8-22(15-21)30(31,32)33)34-17-27(26)40(28)18-19-11-13-20(14-12-19)23-9-3-4-10-24(23)29-36-38-39-37-29/h3-5,7-17H,2,6,18H2,1H3,(H,36,37,38,39). The van der Waals surface area contributed by atoms with Crippen LogP contribution < -0.4 is 0 Å². The lowest BCUT2D eigenvalue weighted by molar-refractivity contribution is -0.137. The molecule has 0 amide bonds. The van der Waals surface area contributed by atoms with E-state index in [0.29, 0.717) is 29.1 Å². The fourth-order valence-corrected chi connectivity index (χ4v) is 4.86. The van der Waals surface area contributed by atoms with Crippen LogP contribution >= 0.6 is 0 Å². The third-order valence-corrected chi connectivity index (χ3v) is 6.79. The molecule has 0 bridgehead atoms. The lowest BCUT2D eigenvalue weighted by Crippen LogP contribution is -2.05. The zero-order chi connectivity index (χ0) is 27.7. The van der Waals surface area contributed by atoms with Gasteiger partial charge in [-0.3, -0.25) is 4.98 Å². The van der Waals surface area contributed by atoms with Crippen LogP contribution in [-0.2, 0) is 19.1 Å². The fourth-order valence-electron chi connectivity index (χ4n) is 4.86. The minimum Gasteiger partial charge on any atom is -0.322 e. The smallest absolute Gasteiger partial charge is 0.322 e. The number of pyridine rings is 1. The molecule has 200 valence electrons. The maximum atomic E-state index is 13.2. The van der Waals surface area contributed by atoms with Crippen molar-refractivity contribution < 1.29 is 13.2 Å². The summed E-state index contributed by atoms with van der Waals surface area (Å²) in [5.41, 5.74) is 5.70. The second-order valence-electron chi connectivity index (χ2n) is 9.48. The van der Waals surface area contributed by atoms with Gasteiger partial charge in [-0.1, -0.05) is 67.6 Å². The Morgan fingerprint density at radius 3 is 2.40 bits per heavy atom. The average molecular weight is 540 g/mol. The third kappa shape index (κ3) is 4.95. The van der Waals surface area contributed by atoms with Crippen molar-refractivity contribution in [1.82, 2.24) is 35.2 Å². The summed E-state index contributed by atoms with van der Waals surface area (Å²) in [6.45, 7) is 2.68. The number of hydrogen-bond acceptors (Lipinski definition) is 5. The number of rotatable bonds is 7. The average Bonchev–Trinajstić information content (AvgIpc) is 3.62. The van der Waals surface area contributed by atoms with Crippen molar-refractivity contribution in [3.63, 3.8) is 0 Å². The fraction of sp³-hybridized carbons (Fsp3) is 0.167. The van der Waals surface area contributed by atoms with Gasteiger partial charge in [0.25, 0.3) is 0 Å². The second-order valence-corrected chi connectivity index (χ2v) is 9.48. The molecule has 0 atom stereocenters. The predicted octanol–water partition coefficient (Wildman–Crippen LogP) is 6.97. The number of H-pyrrole nitrogens is 1. The van der Waals surface area contributed by atoms with Crippen molar-refractivity contribution in [3.8, 4) is 33.8 Å². The van der Waals surface area contributed by atoms with Crippen LogP contribution in [0.2, 0.25) is 0 Å². The zero-order valence-electron chi connectivity index (χ0n) is 21.5. The van der Waals surface area contributed by atoms with Gasteiger partial charge < -0.3 is 4.57 Å². The Balaban J connectivity index is 1.32. The Labute approximate surface area is 227 Å². The lowest BCUT2D eigenvalue weighted by Gasteiger charge is -2.11. The highest BCUT2D eigenvalue weighted by Gasteiger charge is 2.30. The first-order valence-corrected chi connectivity index (χ1v) is 12.9. The van der Waals surface area contributed by atoms with Gasteiger partial charge >= 0.3 is 6.18 Å². The molecule has 10 heteroatoms. The molecule has 0 radical (unpaired) electrons. The molecule has 0 spiro atoms. The molecule has 0 aliphatic heterocycles. The monoisotopic (exact) mass is 539 g/mol. The molecule has 3 aromatic heterocycles. The van der Waals surface area contributed by atoms with Crippen LogP contribution in [0.5, 0.6) is 0 Å². The number of benzene rings is 3. The van der Waals surface area contributed by atoms with Crippen LogP contribution in [-0.4, -0.2) is 35.2 Å². The number of tetrazole rings is 1. The van der Waals surface area contributed by atoms with Crippen molar-refractivity contribution in [1.29, 1.82) is 0 Å². The van der Waals surface area contributed by atoms with Gasteiger partial charge in [-0.15, -0.1) is 10.2 Å². The van der Waals surface area contributed by atoms with Crippen molar-refractivity contribution in [2.45, 2.75) is 32.5 Å². The Morgan fingerprint density at radius 1 is 0.875 bits per heavy atom. The number of imidazole rings is 1. The second kappa shape index (κ2) is 10.4. The van der Waals surface area contributed by atoms with Crippen LogP contribution in [0.1, 0.15) is 30.3 Å². The molecule has 3 aromatic carbocycles. The molecule has 3 heterocycles. The van der Waals surface area contributed by atoms with E-state index in [1.165, 1.54) is 6.07 Å². The molecular weight excluding hydrogens is 515 g/mol. The van der Waals surface area contributed by atoms with Gasteiger partial charge in [-0.05, 0) is 46.5 Å². The normalized spacial score (nSPS) is 11.8. The van der Waals surface area contributed by atoms with Crippen LogP contribution in [0.4, 0.5) is 13.2 Å². The quantitative estimate of drug-likeness (QED) is 0.237. The molecule has 0 saturated heterocycles. The van der Waals surface area contributed by atoms with Gasteiger partial charge in [0.15, 0.2) is 0 Å². The Morgan fingerprint density at radius 2 is 1.68 bits per heavy atom. The Bertz CT molecular complexity index is 1770. The van der Waals surface area contributed by atoms with E-state index < -0.39 is 11.7 Å². The maximum absolute atomic E-state index is 13.2. The number of nitrogens with one attached hydrogen (secondary N) is 1. The van der Waals surface area contributed by atoms with Crippen LogP contribution in [0.15, 0.2) is 85.1 Å². The Kier molecular flexibility index (Phi) is 6.59. The SMILES string of the molecule is CCCc1nc2cc(-c3cccc(C(F)(F)F)c3)ncc2n1Cc1ccc(-c2ccccc2-c2nn[nH]n2)cc1. The first-order valence-electron chi connectivity index (χ1n) is 12.9. The molecule has 1 N–H and O–H groups in total. The summed E-state index contributed by atoms with van der Waals surface area (Å²) < 4.78 is 41.9. The van der Waals surface area contributed by atoms with E-state index in [0.717, 1.165) is 58.6 Å². The summed E-state index contributed by atoms with van der Waals surface area (Å²) in [6.07, 6.45) is -1.04. The first kappa shape index (κ1) is 25.4. The lowest BCUT2D eigenvalue weighted by atomic mass is 9.98. The highest BCUT2D eigenvalue weighted by molar-refractivity contribution is 5.81. The number of aromatic amines is 1. The summed E-state index contributed by atoms with van der Waals surface area (Å²) in [4.78, 5) is 9.36. The molecular formula is C30H24F3N7. The molecule has 0 aliphatic rings. The van der Waals surface area contributed by atoms with E-state index in [1.54, 1.807) is 18.3 Å². The van der Waals surface area contributed by atoms with Crippen LogP contribution in [0, 0.1) is 0 Å². The molecule has 40 heavy (non-hydrogen) atoms. The topological polar surface area (TPSA) is 85.2 Å². The van der Waals surface area contributed by atoms with E-state index >= 15 is 0 Å².